The van der Waals surface area contributed by atoms with Crippen molar-refractivity contribution in [2.45, 2.75) is 58.6 Å². The fraction of sp³-hybridized carbons (Fsp3) is 0.625. The van der Waals surface area contributed by atoms with E-state index in [9.17, 15) is 10.1 Å². The number of carbonyl (C=O) groups excluding carboxylic acids is 1. The molecule has 0 aliphatic heterocycles. The lowest BCUT2D eigenvalue weighted by Gasteiger charge is -2.50. The molecule has 1 amide bonds. The number of rotatable bonds is 2. The number of nitriles is 1. The quantitative estimate of drug-likeness (QED) is 0.846. The SMILES string of the molecule is Cc1nc(C2(NC(=O)OC(C)(C)C)CC(C)(C#N)C2)ncc1Br. The first-order valence-corrected chi connectivity index (χ1v) is 8.20. The maximum atomic E-state index is 12.2. The third kappa shape index (κ3) is 3.81. The predicted molar refractivity (Wildman–Crippen MR) is 88.5 cm³/mol. The first-order valence-electron chi connectivity index (χ1n) is 7.41. The van der Waals surface area contributed by atoms with E-state index in [0.29, 0.717) is 18.7 Å². The number of aryl methyl sites for hydroxylation is 1. The van der Waals surface area contributed by atoms with Crippen molar-refractivity contribution in [1.29, 1.82) is 5.26 Å². The van der Waals surface area contributed by atoms with Gasteiger partial charge in [0.25, 0.3) is 0 Å². The third-order valence-corrected chi connectivity index (χ3v) is 4.52. The van der Waals surface area contributed by atoms with Crippen molar-refractivity contribution in [2.24, 2.45) is 5.41 Å². The Kier molecular flexibility index (Phi) is 4.42. The fourth-order valence-electron chi connectivity index (χ4n) is 2.84. The van der Waals surface area contributed by atoms with E-state index in [-0.39, 0.29) is 0 Å². The standard InChI is InChI=1S/C16H21BrN4O2/c1-10-11(17)6-19-12(20-10)16(7-15(5,8-16)9-18)21-13(22)23-14(2,3)4/h6H,7-8H2,1-5H3,(H,21,22). The summed E-state index contributed by atoms with van der Waals surface area (Å²) in [6.07, 6.45) is 2.05. The molecule has 7 heteroatoms. The van der Waals surface area contributed by atoms with Crippen molar-refractivity contribution >= 4 is 22.0 Å². The zero-order valence-corrected chi connectivity index (χ0v) is 15.6. The van der Waals surface area contributed by atoms with Crippen LogP contribution in [0.2, 0.25) is 0 Å². The molecule has 1 aromatic heterocycles. The molecule has 124 valence electrons. The molecule has 1 fully saturated rings. The molecule has 2 rings (SSSR count). The lowest BCUT2D eigenvalue weighted by molar-refractivity contribution is 0.0127. The highest BCUT2D eigenvalue weighted by Crippen LogP contribution is 2.52. The van der Waals surface area contributed by atoms with E-state index in [2.05, 4.69) is 37.3 Å². The Hall–Kier alpha value is -1.68. The number of hydrogen-bond acceptors (Lipinski definition) is 5. The first kappa shape index (κ1) is 17.7. The number of amides is 1. The number of carbonyl (C=O) groups is 1. The number of halogens is 1. The Morgan fingerprint density at radius 2 is 2.09 bits per heavy atom. The average Bonchev–Trinajstić information content (AvgIpc) is 2.37. The molecular formula is C16H21BrN4O2. The van der Waals surface area contributed by atoms with Gasteiger partial charge >= 0.3 is 6.09 Å². The van der Waals surface area contributed by atoms with Gasteiger partial charge in [-0.2, -0.15) is 5.26 Å². The van der Waals surface area contributed by atoms with Gasteiger partial charge in [-0.3, -0.25) is 0 Å². The molecule has 1 aliphatic carbocycles. The molecule has 0 atom stereocenters. The molecule has 1 N–H and O–H groups in total. The molecule has 6 nitrogen and oxygen atoms in total. The normalized spacial score (nSPS) is 26.8. The summed E-state index contributed by atoms with van der Waals surface area (Å²) in [4.78, 5) is 21.0. The van der Waals surface area contributed by atoms with Crippen LogP contribution in [0.25, 0.3) is 0 Å². The predicted octanol–water partition coefficient (Wildman–Crippen LogP) is 3.59. The van der Waals surface area contributed by atoms with E-state index in [1.54, 1.807) is 27.0 Å². The summed E-state index contributed by atoms with van der Waals surface area (Å²) in [6.45, 7) is 9.14. The lowest BCUT2D eigenvalue weighted by Crippen LogP contribution is -2.59. The molecule has 0 radical (unpaired) electrons. The van der Waals surface area contributed by atoms with Gasteiger partial charge < -0.3 is 10.1 Å². The minimum absolute atomic E-state index is 0.455. The Bertz CT molecular complexity index is 670. The van der Waals surface area contributed by atoms with Gasteiger partial charge in [0.2, 0.25) is 0 Å². The van der Waals surface area contributed by atoms with Crippen LogP contribution < -0.4 is 5.32 Å². The van der Waals surface area contributed by atoms with Gasteiger partial charge in [0.1, 0.15) is 11.1 Å². The average molecular weight is 381 g/mol. The van der Waals surface area contributed by atoms with E-state index >= 15 is 0 Å². The molecule has 0 spiro atoms. The van der Waals surface area contributed by atoms with Crippen LogP contribution in [0.5, 0.6) is 0 Å². The van der Waals surface area contributed by atoms with E-state index in [1.807, 2.05) is 13.8 Å². The molecular weight excluding hydrogens is 360 g/mol. The van der Waals surface area contributed by atoms with Crippen molar-refractivity contribution in [3.05, 3.63) is 22.2 Å². The van der Waals surface area contributed by atoms with E-state index in [1.165, 1.54) is 0 Å². The monoisotopic (exact) mass is 380 g/mol. The fourth-order valence-corrected chi connectivity index (χ4v) is 3.03. The van der Waals surface area contributed by atoms with Crippen LogP contribution in [0.15, 0.2) is 10.7 Å². The number of nitrogens with zero attached hydrogens (tertiary/aromatic N) is 3. The zero-order chi connectivity index (χ0) is 17.5. The Labute approximate surface area is 144 Å². The second-order valence-electron chi connectivity index (χ2n) is 7.36. The van der Waals surface area contributed by atoms with Crippen molar-refractivity contribution in [1.82, 2.24) is 15.3 Å². The molecule has 0 unspecified atom stereocenters. The van der Waals surface area contributed by atoms with Gasteiger partial charge in [0.05, 0.1) is 21.7 Å². The summed E-state index contributed by atoms with van der Waals surface area (Å²) >= 11 is 3.37. The van der Waals surface area contributed by atoms with Crippen LogP contribution in [-0.4, -0.2) is 21.7 Å². The summed E-state index contributed by atoms with van der Waals surface area (Å²) in [7, 11) is 0. The van der Waals surface area contributed by atoms with Gasteiger partial charge in [-0.1, -0.05) is 0 Å². The van der Waals surface area contributed by atoms with Gasteiger partial charge in [-0.15, -0.1) is 0 Å². The molecule has 0 saturated heterocycles. The maximum absolute atomic E-state index is 12.2. The Morgan fingerprint density at radius 3 is 2.57 bits per heavy atom. The summed E-state index contributed by atoms with van der Waals surface area (Å²) in [5.41, 5.74) is -1.08. The largest absolute Gasteiger partial charge is 0.444 e. The number of nitrogens with one attached hydrogen (secondary N) is 1. The molecule has 1 aliphatic rings. The summed E-state index contributed by atoms with van der Waals surface area (Å²) in [6, 6.07) is 2.29. The highest BCUT2D eigenvalue weighted by Gasteiger charge is 2.56. The van der Waals surface area contributed by atoms with E-state index in [4.69, 9.17) is 4.74 Å². The highest BCUT2D eigenvalue weighted by atomic mass is 79.9. The van der Waals surface area contributed by atoms with Gasteiger partial charge in [0, 0.05) is 6.20 Å². The smallest absolute Gasteiger partial charge is 0.408 e. The van der Waals surface area contributed by atoms with Crippen LogP contribution >= 0.6 is 15.9 Å². The maximum Gasteiger partial charge on any atom is 0.408 e. The third-order valence-electron chi connectivity index (χ3n) is 3.74. The molecule has 0 bridgehead atoms. The van der Waals surface area contributed by atoms with Crippen LogP contribution in [0, 0.1) is 23.7 Å². The van der Waals surface area contributed by atoms with Gasteiger partial charge in [-0.25, -0.2) is 14.8 Å². The van der Waals surface area contributed by atoms with E-state index < -0.39 is 22.6 Å². The second kappa shape index (κ2) is 5.75. The Morgan fingerprint density at radius 1 is 1.48 bits per heavy atom. The van der Waals surface area contributed by atoms with Gasteiger partial charge in [-0.05, 0) is 63.4 Å². The van der Waals surface area contributed by atoms with Crippen LogP contribution in [-0.2, 0) is 10.3 Å². The van der Waals surface area contributed by atoms with Crippen molar-refractivity contribution in [3.8, 4) is 6.07 Å². The summed E-state index contributed by atoms with van der Waals surface area (Å²) in [5.74, 6) is 0.511. The Balaban J connectivity index is 2.30. The van der Waals surface area contributed by atoms with Crippen LogP contribution in [0.3, 0.4) is 0 Å². The molecule has 1 saturated carbocycles. The minimum Gasteiger partial charge on any atom is -0.444 e. The number of ether oxygens (including phenoxy) is 1. The zero-order valence-electron chi connectivity index (χ0n) is 14.0. The first-order chi connectivity index (χ1) is 10.5. The molecule has 1 aromatic rings. The van der Waals surface area contributed by atoms with Gasteiger partial charge in [0.15, 0.2) is 5.82 Å². The van der Waals surface area contributed by atoms with Crippen LogP contribution in [0.1, 0.15) is 52.1 Å². The highest BCUT2D eigenvalue weighted by molar-refractivity contribution is 9.10. The number of aromatic nitrogens is 2. The van der Waals surface area contributed by atoms with Crippen molar-refractivity contribution in [3.63, 3.8) is 0 Å². The van der Waals surface area contributed by atoms with Crippen molar-refractivity contribution in [2.75, 3.05) is 0 Å². The minimum atomic E-state index is -0.766. The topological polar surface area (TPSA) is 87.9 Å². The summed E-state index contributed by atoms with van der Waals surface area (Å²) < 4.78 is 6.15. The molecule has 1 heterocycles. The van der Waals surface area contributed by atoms with Crippen molar-refractivity contribution < 1.29 is 9.53 Å². The summed E-state index contributed by atoms with van der Waals surface area (Å²) in [5, 5.41) is 12.2. The van der Waals surface area contributed by atoms with Crippen LogP contribution in [0.4, 0.5) is 4.79 Å². The number of hydrogen-bond donors (Lipinski definition) is 1. The number of alkyl carbamates (subject to hydrolysis) is 1. The molecule has 0 aromatic carbocycles. The van der Waals surface area contributed by atoms with E-state index in [0.717, 1.165) is 10.2 Å². The molecule has 23 heavy (non-hydrogen) atoms. The lowest BCUT2D eigenvalue weighted by atomic mass is 9.58. The second-order valence-corrected chi connectivity index (χ2v) is 8.22.